The molecule has 0 aliphatic heterocycles. The average molecular weight is 381 g/mol. The van der Waals surface area contributed by atoms with Gasteiger partial charge in [0.1, 0.15) is 11.6 Å². The van der Waals surface area contributed by atoms with Crippen molar-refractivity contribution in [3.8, 4) is 0 Å². The van der Waals surface area contributed by atoms with Crippen LogP contribution in [-0.4, -0.2) is 19.9 Å². The lowest BCUT2D eigenvalue weighted by Crippen LogP contribution is -2.09. The summed E-state index contributed by atoms with van der Waals surface area (Å²) in [4.78, 5) is 18.1. The zero-order chi connectivity index (χ0) is 20.1. The summed E-state index contributed by atoms with van der Waals surface area (Å²) in [6, 6.07) is 20.6. The van der Waals surface area contributed by atoms with E-state index in [1.807, 2.05) is 12.1 Å². The highest BCUT2D eigenvalue weighted by Gasteiger charge is 2.09. The fourth-order valence-corrected chi connectivity index (χ4v) is 3.26. The van der Waals surface area contributed by atoms with Gasteiger partial charge in [-0.1, -0.05) is 59.7 Å². The zero-order valence-electron chi connectivity index (χ0n) is 16.6. The third-order valence-corrected chi connectivity index (χ3v) is 4.55. The fourth-order valence-electron chi connectivity index (χ4n) is 3.26. The zero-order valence-corrected chi connectivity index (χ0v) is 16.6. The third kappa shape index (κ3) is 5.23. The molecule has 0 unspecified atom stereocenters. The number of rotatable bonds is 6. The predicted molar refractivity (Wildman–Crippen MR) is 115 cm³/mol. The van der Waals surface area contributed by atoms with Crippen LogP contribution in [-0.2, 0) is 12.8 Å². The second-order valence-electron chi connectivity index (χ2n) is 7.18. The minimum absolute atomic E-state index is 0.552. The standard InChI is InChI=1S/C24H23N5/c1-17-5-3-7-19(13-17)15-22-27-23(16-20-8-4-6-18(2)14-20)29-24(28-22)26-21-9-11-25-12-10-21/h3-14H,15-16H2,1-2H3,(H,25,26,27,28,29). The lowest BCUT2D eigenvalue weighted by Gasteiger charge is -2.10. The smallest absolute Gasteiger partial charge is 0.230 e. The van der Waals surface area contributed by atoms with E-state index >= 15 is 0 Å². The van der Waals surface area contributed by atoms with Gasteiger partial charge >= 0.3 is 0 Å². The molecule has 0 amide bonds. The number of pyridine rings is 1. The quantitative estimate of drug-likeness (QED) is 0.519. The van der Waals surface area contributed by atoms with E-state index in [-0.39, 0.29) is 0 Å². The summed E-state index contributed by atoms with van der Waals surface area (Å²) in [6.45, 7) is 4.19. The molecule has 0 aliphatic carbocycles. The Kier molecular flexibility index (Phi) is 5.56. The minimum atomic E-state index is 0.552. The monoisotopic (exact) mass is 381 g/mol. The highest BCUT2D eigenvalue weighted by Crippen LogP contribution is 2.16. The van der Waals surface area contributed by atoms with E-state index in [9.17, 15) is 0 Å². The van der Waals surface area contributed by atoms with E-state index in [1.165, 1.54) is 22.3 Å². The summed E-state index contributed by atoms with van der Waals surface area (Å²) < 4.78 is 0. The van der Waals surface area contributed by atoms with Crippen molar-refractivity contribution in [3.63, 3.8) is 0 Å². The first-order chi connectivity index (χ1) is 14.1. The van der Waals surface area contributed by atoms with E-state index in [0.717, 1.165) is 17.3 Å². The topological polar surface area (TPSA) is 63.6 Å². The summed E-state index contributed by atoms with van der Waals surface area (Å²) in [5.41, 5.74) is 5.73. The lowest BCUT2D eigenvalue weighted by molar-refractivity contribution is 0.855. The summed E-state index contributed by atoms with van der Waals surface area (Å²) in [7, 11) is 0. The Morgan fingerprint density at radius 2 is 1.24 bits per heavy atom. The molecular formula is C24H23N5. The molecule has 5 nitrogen and oxygen atoms in total. The van der Waals surface area contributed by atoms with Crippen LogP contribution in [0.5, 0.6) is 0 Å². The Balaban J connectivity index is 1.66. The van der Waals surface area contributed by atoms with Crippen LogP contribution in [0.15, 0.2) is 73.1 Å². The number of nitrogens with zero attached hydrogens (tertiary/aromatic N) is 4. The molecule has 2 heterocycles. The first-order valence-electron chi connectivity index (χ1n) is 9.66. The van der Waals surface area contributed by atoms with Gasteiger partial charge in [0, 0.05) is 30.9 Å². The minimum Gasteiger partial charge on any atom is -0.324 e. The highest BCUT2D eigenvalue weighted by atomic mass is 15.2. The van der Waals surface area contributed by atoms with Gasteiger partial charge in [-0.2, -0.15) is 9.97 Å². The Hall–Kier alpha value is -3.60. The van der Waals surface area contributed by atoms with E-state index in [1.54, 1.807) is 12.4 Å². The summed E-state index contributed by atoms with van der Waals surface area (Å²) in [5, 5.41) is 3.28. The lowest BCUT2D eigenvalue weighted by atomic mass is 10.1. The molecule has 0 bridgehead atoms. The van der Waals surface area contributed by atoms with Crippen LogP contribution in [0.3, 0.4) is 0 Å². The van der Waals surface area contributed by atoms with Crippen LogP contribution in [0.4, 0.5) is 11.6 Å². The maximum absolute atomic E-state index is 4.75. The second kappa shape index (κ2) is 8.61. The van der Waals surface area contributed by atoms with Crippen molar-refractivity contribution < 1.29 is 0 Å². The van der Waals surface area contributed by atoms with Crippen LogP contribution in [0.2, 0.25) is 0 Å². The van der Waals surface area contributed by atoms with Crippen molar-refractivity contribution in [1.82, 2.24) is 19.9 Å². The largest absolute Gasteiger partial charge is 0.324 e. The van der Waals surface area contributed by atoms with Gasteiger partial charge in [0.05, 0.1) is 0 Å². The number of nitrogens with one attached hydrogen (secondary N) is 1. The molecule has 2 aromatic carbocycles. The Bertz CT molecular complexity index is 1040. The molecular weight excluding hydrogens is 358 g/mol. The maximum Gasteiger partial charge on any atom is 0.230 e. The van der Waals surface area contributed by atoms with Crippen LogP contribution in [0.25, 0.3) is 0 Å². The van der Waals surface area contributed by atoms with E-state index in [4.69, 9.17) is 4.98 Å². The van der Waals surface area contributed by atoms with Gasteiger partial charge in [0.15, 0.2) is 0 Å². The molecule has 0 saturated heterocycles. The van der Waals surface area contributed by atoms with Gasteiger partial charge in [0.2, 0.25) is 5.95 Å². The average Bonchev–Trinajstić information content (AvgIpc) is 2.69. The van der Waals surface area contributed by atoms with Crippen molar-refractivity contribution in [1.29, 1.82) is 0 Å². The molecule has 0 spiro atoms. The van der Waals surface area contributed by atoms with Crippen molar-refractivity contribution >= 4 is 11.6 Å². The summed E-state index contributed by atoms with van der Waals surface area (Å²) in [5.74, 6) is 2.06. The predicted octanol–water partition coefficient (Wildman–Crippen LogP) is 4.81. The van der Waals surface area contributed by atoms with E-state index < -0.39 is 0 Å². The van der Waals surface area contributed by atoms with Gasteiger partial charge in [-0.15, -0.1) is 0 Å². The summed E-state index contributed by atoms with van der Waals surface area (Å²) in [6.07, 6.45) is 4.81. The van der Waals surface area contributed by atoms with Gasteiger partial charge in [-0.3, -0.25) is 4.98 Å². The van der Waals surface area contributed by atoms with Crippen LogP contribution < -0.4 is 5.32 Å². The van der Waals surface area contributed by atoms with E-state index in [0.29, 0.717) is 18.8 Å². The Morgan fingerprint density at radius 1 is 0.690 bits per heavy atom. The SMILES string of the molecule is Cc1cccc(Cc2nc(Cc3cccc(C)c3)nc(Nc3ccncc3)n2)c1. The molecule has 0 saturated carbocycles. The number of benzene rings is 2. The molecule has 0 radical (unpaired) electrons. The van der Waals surface area contributed by atoms with Gasteiger partial charge < -0.3 is 5.32 Å². The van der Waals surface area contributed by atoms with E-state index in [2.05, 4.69) is 82.6 Å². The number of hydrogen-bond acceptors (Lipinski definition) is 5. The molecule has 0 aliphatic rings. The number of anilines is 2. The van der Waals surface area contributed by atoms with Crippen molar-refractivity contribution in [2.75, 3.05) is 5.32 Å². The fraction of sp³-hybridized carbons (Fsp3) is 0.167. The molecule has 1 N–H and O–H groups in total. The molecule has 2 aromatic heterocycles. The number of hydrogen-bond donors (Lipinski definition) is 1. The number of aryl methyl sites for hydroxylation is 2. The molecule has 0 atom stereocenters. The van der Waals surface area contributed by atoms with Crippen LogP contribution in [0, 0.1) is 13.8 Å². The molecule has 4 aromatic rings. The Labute approximate surface area is 170 Å². The Morgan fingerprint density at radius 3 is 1.76 bits per heavy atom. The van der Waals surface area contributed by atoms with Crippen molar-refractivity contribution in [3.05, 3.63) is 107 Å². The number of aromatic nitrogens is 4. The van der Waals surface area contributed by atoms with Gasteiger partial charge in [-0.25, -0.2) is 4.98 Å². The van der Waals surface area contributed by atoms with Crippen molar-refractivity contribution in [2.45, 2.75) is 26.7 Å². The van der Waals surface area contributed by atoms with Crippen molar-refractivity contribution in [2.24, 2.45) is 0 Å². The summed E-state index contributed by atoms with van der Waals surface area (Å²) >= 11 is 0. The normalized spacial score (nSPS) is 10.7. The third-order valence-electron chi connectivity index (χ3n) is 4.55. The molecule has 0 fully saturated rings. The first-order valence-corrected chi connectivity index (χ1v) is 9.66. The van der Waals surface area contributed by atoms with Gasteiger partial charge in [-0.05, 0) is 37.1 Å². The second-order valence-corrected chi connectivity index (χ2v) is 7.18. The molecule has 29 heavy (non-hydrogen) atoms. The van der Waals surface area contributed by atoms with Gasteiger partial charge in [0.25, 0.3) is 0 Å². The maximum atomic E-state index is 4.75. The molecule has 5 heteroatoms. The molecule has 144 valence electrons. The highest BCUT2D eigenvalue weighted by molar-refractivity contribution is 5.51. The first kappa shape index (κ1) is 18.7. The van der Waals surface area contributed by atoms with Crippen LogP contribution >= 0.6 is 0 Å². The van der Waals surface area contributed by atoms with Crippen LogP contribution in [0.1, 0.15) is 33.9 Å². The molecule has 4 rings (SSSR count).